The van der Waals surface area contributed by atoms with E-state index >= 15 is 0 Å². The first-order chi connectivity index (χ1) is 9.95. The van der Waals surface area contributed by atoms with Gasteiger partial charge in [0, 0.05) is 0 Å². The van der Waals surface area contributed by atoms with Gasteiger partial charge < -0.3 is 4.79 Å². The normalized spacial score (nSPS) is 11.5. The zero-order valence-corrected chi connectivity index (χ0v) is 15.4. The second-order valence-corrected chi connectivity index (χ2v) is 7.28. The molecular weight excluding hydrogens is 340 g/mol. The molecule has 0 rings (SSSR count). The lowest BCUT2D eigenvalue weighted by Gasteiger charge is -2.03. The van der Waals surface area contributed by atoms with E-state index in [1.165, 1.54) is 0 Å². The van der Waals surface area contributed by atoms with Gasteiger partial charge in [0.15, 0.2) is 0 Å². The zero-order chi connectivity index (χ0) is 18.4. The summed E-state index contributed by atoms with van der Waals surface area (Å²) in [6.07, 6.45) is 0. The predicted octanol–water partition coefficient (Wildman–Crippen LogP) is 0.915. The van der Waals surface area contributed by atoms with Crippen LogP contribution in [0.3, 0.4) is 0 Å². The van der Waals surface area contributed by atoms with Gasteiger partial charge in [-0.2, -0.15) is 16.8 Å². The average Bonchev–Trinajstić information content (AvgIpc) is 2.46. The average molecular weight is 366 g/mol. The maximum atomic E-state index is 10.5. The largest absolute Gasteiger partial charge is 0.399 e. The third-order valence-corrected chi connectivity index (χ3v) is 3.17. The highest BCUT2D eigenvalue weighted by Crippen LogP contribution is 1.99. The van der Waals surface area contributed by atoms with Crippen LogP contribution in [0.15, 0.2) is 0 Å². The quantitative estimate of drug-likeness (QED) is 0.617. The number of hydrogen-bond donors (Lipinski definition) is 0. The molecule has 22 heavy (non-hydrogen) atoms. The summed E-state index contributed by atoms with van der Waals surface area (Å²) in [5, 5.41) is 0. The Balaban J connectivity index is -0.000000294. The molecule has 0 aromatic rings. The Morgan fingerprint density at radius 1 is 0.727 bits per heavy atom. The Hall–Kier alpha value is -0.590. The summed E-state index contributed by atoms with van der Waals surface area (Å²) >= 11 is 0. The molecule has 0 unspecified atom stereocenters. The van der Waals surface area contributed by atoms with Crippen molar-refractivity contribution in [1.82, 2.24) is 0 Å². The van der Waals surface area contributed by atoms with E-state index in [9.17, 15) is 16.8 Å². The fourth-order valence-corrected chi connectivity index (χ4v) is 1.61. The molecule has 11 heteroatoms. The van der Waals surface area contributed by atoms with Crippen molar-refractivity contribution in [2.45, 2.75) is 27.7 Å². The molecule has 0 amide bonds. The molecule has 0 aliphatic rings. The Morgan fingerprint density at radius 2 is 0.955 bits per heavy atom. The second-order valence-electron chi connectivity index (χ2n) is 4.51. The predicted molar refractivity (Wildman–Crippen MR) is 80.6 cm³/mol. The molecule has 0 N–H and O–H groups in total. The van der Waals surface area contributed by atoms with Gasteiger partial charge in [-0.3, -0.25) is 8.37 Å². The first kappa shape index (κ1) is 26.3. The van der Waals surface area contributed by atoms with Gasteiger partial charge in [0.05, 0.1) is 27.4 Å². The van der Waals surface area contributed by atoms with Crippen molar-refractivity contribution in [2.75, 3.05) is 27.4 Å². The first-order valence-corrected chi connectivity index (χ1v) is 8.81. The molecule has 0 saturated carbocycles. The van der Waals surface area contributed by atoms with Gasteiger partial charge in [-0.15, -0.1) is 0 Å². The fraction of sp³-hybridized carbons (Fsp3) is 0.909. The van der Waals surface area contributed by atoms with Crippen LogP contribution in [0.25, 0.3) is 0 Å². The molecule has 0 aliphatic heterocycles. The standard InChI is InChI=1S/2C5H12O4S.CH2O/c2*1-5(2)4-9-10(6,7)8-3;1-2/h2*5H,4H2,1-3H3;1H2. The minimum absolute atomic E-state index is 0.163. The molecule has 0 aliphatic carbocycles. The van der Waals surface area contributed by atoms with Crippen LogP contribution < -0.4 is 0 Å². The zero-order valence-electron chi connectivity index (χ0n) is 13.8. The Kier molecular flexibility index (Phi) is 16.8. The van der Waals surface area contributed by atoms with E-state index in [2.05, 4.69) is 16.7 Å². The third-order valence-electron chi connectivity index (χ3n) is 1.50. The summed E-state index contributed by atoms with van der Waals surface area (Å²) in [5.74, 6) is 0.370. The van der Waals surface area contributed by atoms with Crippen LogP contribution in [0.5, 0.6) is 0 Å². The minimum atomic E-state index is -3.71. The molecule has 0 fully saturated rings. The monoisotopic (exact) mass is 366 g/mol. The van der Waals surface area contributed by atoms with Crippen LogP contribution in [0.2, 0.25) is 0 Å². The van der Waals surface area contributed by atoms with Crippen molar-refractivity contribution in [2.24, 2.45) is 11.8 Å². The lowest BCUT2D eigenvalue weighted by molar-refractivity contribution is -0.0980. The van der Waals surface area contributed by atoms with Crippen LogP contribution >= 0.6 is 0 Å². The van der Waals surface area contributed by atoms with Crippen LogP contribution in [-0.2, 0) is 42.3 Å². The minimum Gasteiger partial charge on any atom is -0.307 e. The topological polar surface area (TPSA) is 122 Å². The maximum absolute atomic E-state index is 10.5. The molecular formula is C11H26O9S2. The van der Waals surface area contributed by atoms with Crippen LogP contribution in [-0.4, -0.2) is 51.1 Å². The summed E-state index contributed by atoms with van der Waals surface area (Å²) in [4.78, 5) is 8.00. The second kappa shape index (κ2) is 14.0. The molecule has 136 valence electrons. The highest BCUT2D eigenvalue weighted by Gasteiger charge is 2.09. The van der Waals surface area contributed by atoms with E-state index < -0.39 is 20.8 Å². The molecule has 9 nitrogen and oxygen atoms in total. The van der Waals surface area contributed by atoms with Crippen molar-refractivity contribution < 1.29 is 38.4 Å². The number of hydrogen-bond acceptors (Lipinski definition) is 9. The molecule has 0 radical (unpaired) electrons. The van der Waals surface area contributed by atoms with Crippen molar-refractivity contribution in [3.8, 4) is 0 Å². The molecule has 0 heterocycles. The summed E-state index contributed by atoms with van der Waals surface area (Å²) in [7, 11) is -5.30. The molecule has 0 saturated heterocycles. The van der Waals surface area contributed by atoms with Crippen molar-refractivity contribution in [3.05, 3.63) is 0 Å². The van der Waals surface area contributed by atoms with Gasteiger partial charge in [0.1, 0.15) is 6.79 Å². The van der Waals surface area contributed by atoms with Crippen LogP contribution in [0.1, 0.15) is 27.7 Å². The van der Waals surface area contributed by atoms with Gasteiger partial charge in [0.2, 0.25) is 0 Å². The van der Waals surface area contributed by atoms with E-state index in [0.717, 1.165) is 14.2 Å². The van der Waals surface area contributed by atoms with Crippen LogP contribution in [0, 0.1) is 11.8 Å². The number of rotatable bonds is 8. The van der Waals surface area contributed by atoms with E-state index in [1.54, 1.807) is 0 Å². The molecule has 0 bridgehead atoms. The fourth-order valence-electron chi connectivity index (χ4n) is 0.535. The number of carbonyl (C=O) groups is 1. The molecule has 0 aromatic carbocycles. The summed E-state index contributed by atoms with van der Waals surface area (Å²) in [6, 6.07) is 0. The van der Waals surface area contributed by atoms with Crippen molar-refractivity contribution in [1.29, 1.82) is 0 Å². The Morgan fingerprint density at radius 3 is 1.09 bits per heavy atom. The van der Waals surface area contributed by atoms with Gasteiger partial charge in [-0.05, 0) is 11.8 Å². The lowest BCUT2D eigenvalue weighted by Crippen LogP contribution is -2.11. The molecule has 0 spiro atoms. The van der Waals surface area contributed by atoms with E-state index in [0.29, 0.717) is 0 Å². The van der Waals surface area contributed by atoms with E-state index in [4.69, 9.17) is 4.79 Å². The highest BCUT2D eigenvalue weighted by atomic mass is 32.3. The van der Waals surface area contributed by atoms with Gasteiger partial charge in [-0.1, -0.05) is 27.7 Å². The molecule has 0 aromatic heterocycles. The summed E-state index contributed by atoms with van der Waals surface area (Å²) < 4.78 is 58.7. The lowest BCUT2D eigenvalue weighted by atomic mass is 10.2. The van der Waals surface area contributed by atoms with Crippen molar-refractivity contribution >= 4 is 27.6 Å². The SMILES string of the molecule is C=O.COS(=O)(=O)OCC(C)C.COS(=O)(=O)OCC(C)C. The van der Waals surface area contributed by atoms with E-state index in [-0.39, 0.29) is 25.0 Å². The highest BCUT2D eigenvalue weighted by molar-refractivity contribution is 7.82. The van der Waals surface area contributed by atoms with Crippen molar-refractivity contribution in [3.63, 3.8) is 0 Å². The molecule has 0 atom stereocenters. The van der Waals surface area contributed by atoms with Crippen LogP contribution in [0.4, 0.5) is 0 Å². The Labute approximate surface area is 133 Å². The van der Waals surface area contributed by atoms with E-state index in [1.807, 2.05) is 34.5 Å². The smallest absolute Gasteiger partial charge is 0.307 e. The van der Waals surface area contributed by atoms with Gasteiger partial charge in [-0.25, -0.2) is 8.37 Å². The summed E-state index contributed by atoms with van der Waals surface area (Å²) in [5.41, 5.74) is 0. The van der Waals surface area contributed by atoms with Gasteiger partial charge in [0.25, 0.3) is 0 Å². The first-order valence-electron chi connectivity index (χ1n) is 6.14. The Bertz CT molecular complexity index is 398. The summed E-state index contributed by atoms with van der Waals surface area (Å²) in [6.45, 7) is 9.74. The third kappa shape index (κ3) is 21.7. The maximum Gasteiger partial charge on any atom is 0.399 e. The van der Waals surface area contributed by atoms with Gasteiger partial charge >= 0.3 is 20.8 Å². The number of carbonyl (C=O) groups excluding carboxylic acids is 1.